The number of hydrogen-bond donors (Lipinski definition) is 8. The van der Waals surface area contributed by atoms with E-state index < -0.39 is 123 Å². The molecule has 8 atom stereocenters. The van der Waals surface area contributed by atoms with Crippen molar-refractivity contribution in [2.75, 3.05) is 13.2 Å². The van der Waals surface area contributed by atoms with Gasteiger partial charge in [-0.2, -0.15) is 0 Å². The number of aliphatic hydroxyl groups excluding tert-OH is 6. The maximum absolute atomic E-state index is 13.3. The molecule has 0 amide bonds. The molecule has 2 heterocycles. The average Bonchev–Trinajstić information content (AvgIpc) is 3.72. The molecule has 4 unspecified atom stereocenters. The molecule has 0 aromatic heterocycles. The maximum Gasteiger partial charge on any atom is 0.472 e. The van der Waals surface area contributed by atoms with Gasteiger partial charge in [-0.3, -0.25) is 27.7 Å². The Balaban J connectivity index is 1.26. The van der Waals surface area contributed by atoms with E-state index in [9.17, 15) is 68.7 Å². The van der Waals surface area contributed by atoms with E-state index in [-0.39, 0.29) is 12.8 Å². The lowest BCUT2D eigenvalue weighted by atomic mass is 9.71. The first-order chi connectivity index (χ1) is 34.3. The van der Waals surface area contributed by atoms with Crippen LogP contribution >= 0.6 is 15.6 Å². The summed E-state index contributed by atoms with van der Waals surface area (Å²) in [5.41, 5.74) is 4.44. The van der Waals surface area contributed by atoms with E-state index in [1.807, 2.05) is 140 Å². The third-order valence-corrected chi connectivity index (χ3v) is 14.2. The molecule has 0 fully saturated rings. The van der Waals surface area contributed by atoms with Gasteiger partial charge in [0.05, 0.1) is 13.2 Å². The molecular weight excluding hydrogens is 1010 g/mol. The Morgan fingerprint density at radius 1 is 0.581 bits per heavy atom. The molecule has 0 aromatic rings. The van der Waals surface area contributed by atoms with Crippen LogP contribution in [0.1, 0.15) is 82.1 Å². The number of hydrogen-bond acceptors (Lipinski definition) is 18. The summed E-state index contributed by atoms with van der Waals surface area (Å²) in [6.07, 6.45) is 16.8. The minimum atomic E-state index is -4.94. The van der Waals surface area contributed by atoms with Crippen LogP contribution in [0.25, 0.3) is 0 Å². The van der Waals surface area contributed by atoms with E-state index in [2.05, 4.69) is 9.47 Å². The number of aliphatic hydroxyl groups is 6. The highest BCUT2D eigenvalue weighted by molar-refractivity contribution is 7.47. The normalized spacial score (nSPS) is 26.2. The van der Waals surface area contributed by atoms with Crippen molar-refractivity contribution in [3.63, 3.8) is 0 Å². The lowest BCUT2D eigenvalue weighted by molar-refractivity contribution is -0.148. The second-order valence-corrected chi connectivity index (χ2v) is 22.2. The Labute approximate surface area is 429 Å². The Morgan fingerprint density at radius 2 is 0.892 bits per heavy atom. The standard InChI is InChI=1S/C52H66O20P2/c1-29(17-13-19-31(3)21-23-35-33(5)41(55)39(25-51(35,7)8)71-73(63,64)67-27-37(53)47-43(57)45(59)49(61)69-47)15-11-12-16-30(2)18-14-20-32(4)22-24-36-34(6)42(56)40(26-52(36,9)10)72-74(65,66)68-28-38(54)48-44(58)46(60)50(62)70-48/h11-24,37-40,47-48,53-54,57-60H,25-28H2,1-10H3,(H,63,64)(H,65,66)/b12-11+,17-13+,18-14+,23-21+,24-22+,29-15+,30-16+,31-19+,32-20+/t37-,38-,39?,40?,47+,48+/m0/s1. The third kappa shape index (κ3) is 16.4. The first-order valence-corrected chi connectivity index (χ1v) is 26.2. The van der Waals surface area contributed by atoms with Gasteiger partial charge in [-0.1, -0.05) is 135 Å². The maximum atomic E-state index is 13.3. The Morgan fingerprint density at radius 3 is 1.20 bits per heavy atom. The fourth-order valence-electron chi connectivity index (χ4n) is 8.09. The predicted molar refractivity (Wildman–Crippen MR) is 271 cm³/mol. The molecule has 0 saturated carbocycles. The number of carbonyl (C=O) groups excluding carboxylic acids is 4. The van der Waals surface area contributed by atoms with Crippen LogP contribution in [0.15, 0.2) is 153 Å². The molecule has 4 rings (SSSR count). The van der Waals surface area contributed by atoms with Gasteiger partial charge < -0.3 is 49.9 Å². The first-order valence-electron chi connectivity index (χ1n) is 23.2. The van der Waals surface area contributed by atoms with Crippen molar-refractivity contribution in [3.8, 4) is 0 Å². The van der Waals surface area contributed by atoms with E-state index >= 15 is 0 Å². The number of phosphoric ester groups is 2. The molecule has 0 aromatic carbocycles. The summed E-state index contributed by atoms with van der Waals surface area (Å²) in [6, 6.07) is 0. The SMILES string of the molecule is CC1=C(/C=C/C(C)=C/C=C/C(C)=C/C=C/C=C(C)/C=C/C=C(C)/C=C/C2=C(C)C(=O)C(OP(=O)(O)OC[C@H](O)[C@H]3OC(=O)C(O)=C3O)CC2(C)C)C(C)(C)CC(OP(=O)(O)OC[C@H](O)[C@H]2OC(=O)C(O)=C2O)C1=O. The van der Waals surface area contributed by atoms with Gasteiger partial charge in [-0.25, -0.2) is 18.7 Å². The van der Waals surface area contributed by atoms with E-state index in [0.29, 0.717) is 22.3 Å². The fraction of sp³-hybridized carbons (Fsp3) is 0.423. The summed E-state index contributed by atoms with van der Waals surface area (Å²) in [7, 11) is -9.87. The Hall–Kier alpha value is -5.76. The molecule has 4 aliphatic rings. The van der Waals surface area contributed by atoms with E-state index in [0.717, 1.165) is 22.3 Å². The monoisotopic (exact) mass is 1070 g/mol. The van der Waals surface area contributed by atoms with Gasteiger partial charge >= 0.3 is 27.6 Å². The molecule has 74 heavy (non-hydrogen) atoms. The summed E-state index contributed by atoms with van der Waals surface area (Å²) in [6.45, 7) is 16.4. The zero-order valence-corrected chi connectivity index (χ0v) is 44.5. The van der Waals surface area contributed by atoms with E-state index in [4.69, 9.17) is 18.1 Å². The number of carbonyl (C=O) groups is 4. The molecule has 22 heteroatoms. The van der Waals surface area contributed by atoms with Crippen LogP contribution in [-0.2, 0) is 55.9 Å². The summed E-state index contributed by atoms with van der Waals surface area (Å²) in [5, 5.41) is 58.8. The van der Waals surface area contributed by atoms with Crippen LogP contribution in [0.3, 0.4) is 0 Å². The molecular formula is C52H66O20P2. The first kappa shape index (κ1) is 60.8. The van der Waals surface area contributed by atoms with Crippen molar-refractivity contribution in [1.82, 2.24) is 0 Å². The topological polar surface area (TPSA) is 320 Å². The zero-order chi connectivity index (χ0) is 55.7. The number of rotatable bonds is 22. The molecule has 0 bridgehead atoms. The number of ketones is 2. The third-order valence-electron chi connectivity index (χ3n) is 12.2. The molecule has 0 saturated heterocycles. The van der Waals surface area contributed by atoms with Crippen molar-refractivity contribution in [3.05, 3.63) is 153 Å². The van der Waals surface area contributed by atoms with Gasteiger partial charge in [0.25, 0.3) is 0 Å². The Bertz CT molecular complexity index is 2570. The highest BCUT2D eigenvalue weighted by Crippen LogP contribution is 2.51. The number of esters is 2. The summed E-state index contributed by atoms with van der Waals surface area (Å²) >= 11 is 0. The van der Waals surface area contributed by atoms with Gasteiger partial charge in [0.1, 0.15) is 24.4 Å². The number of phosphoric acid groups is 2. The molecule has 2 aliphatic carbocycles. The molecule has 0 spiro atoms. The van der Waals surface area contributed by atoms with E-state index in [1.54, 1.807) is 13.8 Å². The number of Topliss-reactive ketones (excluding diaryl/α,β-unsaturated/α-hetero) is 2. The van der Waals surface area contributed by atoms with Crippen molar-refractivity contribution < 1.29 is 96.3 Å². The highest BCUT2D eigenvalue weighted by Gasteiger charge is 2.46. The number of ether oxygens (including phenoxy) is 2. The van der Waals surface area contributed by atoms with Crippen LogP contribution in [-0.4, -0.2) is 114 Å². The van der Waals surface area contributed by atoms with Gasteiger partial charge in [-0.05, 0) is 87.5 Å². The summed E-state index contributed by atoms with van der Waals surface area (Å²) < 4.78 is 54.8. The molecule has 2 aliphatic heterocycles. The smallest absolute Gasteiger partial charge is 0.472 e. The zero-order valence-electron chi connectivity index (χ0n) is 42.7. The number of allylic oxidation sites excluding steroid dienone is 20. The minimum absolute atomic E-state index is 0.0313. The fourth-order valence-corrected chi connectivity index (χ4v) is 9.88. The average molecular weight is 1070 g/mol. The Kier molecular flexibility index (Phi) is 20.7. The quantitative estimate of drug-likeness (QED) is 0.0286. The van der Waals surface area contributed by atoms with Crippen molar-refractivity contribution in [2.24, 2.45) is 10.8 Å². The number of cyclic esters (lactones) is 2. The second kappa shape index (κ2) is 25.2. The van der Waals surface area contributed by atoms with Gasteiger partial charge in [0, 0.05) is 0 Å². The van der Waals surface area contributed by atoms with Crippen molar-refractivity contribution >= 4 is 39.2 Å². The van der Waals surface area contributed by atoms with Crippen LogP contribution in [0.2, 0.25) is 0 Å². The van der Waals surface area contributed by atoms with Crippen molar-refractivity contribution in [1.29, 1.82) is 0 Å². The largest absolute Gasteiger partial charge is 0.505 e. The minimum Gasteiger partial charge on any atom is -0.505 e. The highest BCUT2D eigenvalue weighted by atomic mass is 31.2. The van der Waals surface area contributed by atoms with Gasteiger partial charge in [0.2, 0.25) is 11.5 Å². The van der Waals surface area contributed by atoms with Gasteiger partial charge in [0.15, 0.2) is 35.3 Å². The van der Waals surface area contributed by atoms with Gasteiger partial charge in [-0.15, -0.1) is 0 Å². The molecule has 404 valence electrons. The second-order valence-electron chi connectivity index (χ2n) is 19.4. The van der Waals surface area contributed by atoms with Crippen LogP contribution in [0, 0.1) is 10.8 Å². The lowest BCUT2D eigenvalue weighted by Crippen LogP contribution is -2.37. The van der Waals surface area contributed by atoms with Crippen molar-refractivity contribution in [2.45, 2.75) is 119 Å². The van der Waals surface area contributed by atoms with Crippen LogP contribution in [0.4, 0.5) is 0 Å². The van der Waals surface area contributed by atoms with E-state index in [1.165, 1.54) is 0 Å². The predicted octanol–water partition coefficient (Wildman–Crippen LogP) is 8.42. The summed E-state index contributed by atoms with van der Waals surface area (Å²) in [5.74, 6) is -7.72. The molecule has 8 N–H and O–H groups in total. The van der Waals surface area contributed by atoms with Crippen LogP contribution < -0.4 is 0 Å². The molecule has 0 radical (unpaired) electrons. The van der Waals surface area contributed by atoms with Crippen LogP contribution in [0.5, 0.6) is 0 Å². The lowest BCUT2D eigenvalue weighted by Gasteiger charge is -2.36. The molecule has 20 nitrogen and oxygen atoms in total. The summed E-state index contributed by atoms with van der Waals surface area (Å²) in [4.78, 5) is 70.1.